The van der Waals surface area contributed by atoms with E-state index in [2.05, 4.69) is 4.99 Å². The van der Waals surface area contributed by atoms with Crippen LogP contribution in [0.4, 0.5) is 0 Å². The van der Waals surface area contributed by atoms with Crippen molar-refractivity contribution >= 4 is 5.71 Å². The molecule has 1 aliphatic heterocycles. The second kappa shape index (κ2) is 1.07. The summed E-state index contributed by atoms with van der Waals surface area (Å²) in [5, 5.41) is 0. The van der Waals surface area contributed by atoms with E-state index in [1.807, 2.05) is 13.8 Å². The van der Waals surface area contributed by atoms with Crippen LogP contribution in [0.25, 0.3) is 0 Å². The maximum atomic E-state index is 5.59. The molecule has 2 N–H and O–H groups in total. The summed E-state index contributed by atoms with van der Waals surface area (Å²) in [6.07, 6.45) is 0.943. The molecule has 1 rings (SSSR count). The first kappa shape index (κ1) is 4.78. The highest BCUT2D eigenvalue weighted by Gasteiger charge is 2.36. The van der Waals surface area contributed by atoms with Crippen LogP contribution >= 0.6 is 0 Å². The normalized spacial score (nSPS) is 37.9. The number of rotatable bonds is 1. The van der Waals surface area contributed by atoms with E-state index in [1.165, 1.54) is 0 Å². The van der Waals surface area contributed by atoms with Crippen LogP contribution in [-0.4, -0.2) is 11.4 Å². The van der Waals surface area contributed by atoms with Gasteiger partial charge in [0.15, 0.2) is 0 Å². The fraction of sp³-hybridized carbons (Fsp3) is 0.800. The Hall–Kier alpha value is -0.370. The third kappa shape index (κ3) is 0.548. The van der Waals surface area contributed by atoms with Crippen molar-refractivity contribution in [1.29, 1.82) is 0 Å². The van der Waals surface area contributed by atoms with Gasteiger partial charge in [-0.05, 0) is 13.3 Å². The predicted octanol–water partition coefficient (Wildman–Crippen LogP) is 0.526. The Balaban J connectivity index is 2.43. The average molecular weight is 98.1 g/mol. The van der Waals surface area contributed by atoms with Crippen LogP contribution in [0.2, 0.25) is 0 Å². The van der Waals surface area contributed by atoms with Crippen LogP contribution in [0, 0.1) is 0 Å². The molecule has 0 bridgehead atoms. The van der Waals surface area contributed by atoms with Gasteiger partial charge in [-0.25, -0.2) is 0 Å². The molecule has 0 aromatic rings. The van der Waals surface area contributed by atoms with Crippen molar-refractivity contribution in [2.45, 2.75) is 25.9 Å². The first-order chi connectivity index (χ1) is 3.19. The largest absolute Gasteiger partial charge is 0.302 e. The molecule has 0 spiro atoms. The van der Waals surface area contributed by atoms with Crippen LogP contribution in [0.1, 0.15) is 20.3 Å². The minimum atomic E-state index is -0.208. The van der Waals surface area contributed by atoms with E-state index in [1.54, 1.807) is 0 Å². The first-order valence-corrected chi connectivity index (χ1v) is 2.55. The second-order valence-corrected chi connectivity index (χ2v) is 1.98. The van der Waals surface area contributed by atoms with Gasteiger partial charge in [0.2, 0.25) is 0 Å². The lowest BCUT2D eigenvalue weighted by atomic mass is 10.2. The first-order valence-electron chi connectivity index (χ1n) is 2.55. The molecule has 1 atom stereocenters. The van der Waals surface area contributed by atoms with E-state index in [0.717, 1.165) is 12.1 Å². The summed E-state index contributed by atoms with van der Waals surface area (Å²) in [5.74, 6) is 0. The summed E-state index contributed by atoms with van der Waals surface area (Å²) >= 11 is 0. The Bertz CT molecular complexity index is 117. The van der Waals surface area contributed by atoms with Crippen molar-refractivity contribution in [3.8, 4) is 0 Å². The molecule has 0 amide bonds. The molecule has 1 heterocycles. The zero-order valence-electron chi connectivity index (χ0n) is 4.73. The summed E-state index contributed by atoms with van der Waals surface area (Å²) in [5.41, 5.74) is 6.47. The average Bonchev–Trinajstić information content (AvgIpc) is 2.18. The lowest BCUT2D eigenvalue weighted by Gasteiger charge is -1.99. The Morgan fingerprint density at radius 1 is 1.86 bits per heavy atom. The van der Waals surface area contributed by atoms with Crippen molar-refractivity contribution in [3.63, 3.8) is 0 Å². The van der Waals surface area contributed by atoms with Crippen molar-refractivity contribution in [3.05, 3.63) is 0 Å². The van der Waals surface area contributed by atoms with E-state index in [0.29, 0.717) is 0 Å². The van der Waals surface area contributed by atoms with Crippen LogP contribution in [0.15, 0.2) is 4.99 Å². The molecule has 1 aliphatic rings. The highest BCUT2D eigenvalue weighted by atomic mass is 15.2. The van der Waals surface area contributed by atoms with Crippen molar-refractivity contribution in [2.75, 3.05) is 0 Å². The number of aliphatic imine (C=N–C) groups is 1. The zero-order chi connectivity index (χ0) is 5.49. The van der Waals surface area contributed by atoms with Crippen LogP contribution in [0.3, 0.4) is 0 Å². The minimum absolute atomic E-state index is 0.208. The minimum Gasteiger partial charge on any atom is -0.302 e. The number of hydrogen-bond acceptors (Lipinski definition) is 2. The van der Waals surface area contributed by atoms with Gasteiger partial charge < -0.3 is 5.73 Å². The van der Waals surface area contributed by atoms with E-state index in [4.69, 9.17) is 5.73 Å². The van der Waals surface area contributed by atoms with Gasteiger partial charge in [-0.2, -0.15) is 0 Å². The smallest absolute Gasteiger partial charge is 0.146 e. The van der Waals surface area contributed by atoms with Crippen molar-refractivity contribution < 1.29 is 0 Å². The van der Waals surface area contributed by atoms with E-state index >= 15 is 0 Å². The fourth-order valence-electron chi connectivity index (χ4n) is 0.606. The highest BCUT2D eigenvalue weighted by Crippen LogP contribution is 2.23. The molecule has 0 fully saturated rings. The molecule has 0 radical (unpaired) electrons. The van der Waals surface area contributed by atoms with Gasteiger partial charge in [-0.3, -0.25) is 4.99 Å². The zero-order valence-corrected chi connectivity index (χ0v) is 4.73. The molecule has 2 heteroatoms. The summed E-state index contributed by atoms with van der Waals surface area (Å²) in [6, 6.07) is 0. The molecule has 0 saturated carbocycles. The number of nitrogens with zero attached hydrogens (tertiary/aromatic N) is 1. The molecule has 2 nitrogen and oxygen atoms in total. The standard InChI is InChI=1S/C5H10N2/c1-3-5(6)4(2)7-5/h3,6H2,1-2H3. The lowest BCUT2D eigenvalue weighted by molar-refractivity contribution is 0.665. The molecule has 1 unspecified atom stereocenters. The second-order valence-electron chi connectivity index (χ2n) is 1.98. The molecule has 40 valence electrons. The molecule has 0 aromatic heterocycles. The van der Waals surface area contributed by atoms with E-state index in [9.17, 15) is 0 Å². The maximum absolute atomic E-state index is 5.59. The summed E-state index contributed by atoms with van der Waals surface area (Å²) in [6.45, 7) is 4.00. The molecule has 0 saturated heterocycles. The van der Waals surface area contributed by atoms with Crippen LogP contribution in [0.5, 0.6) is 0 Å². The number of nitrogens with two attached hydrogens (primary N) is 1. The van der Waals surface area contributed by atoms with E-state index in [-0.39, 0.29) is 5.66 Å². The Kier molecular flexibility index (Phi) is 0.729. The molecule has 0 aliphatic carbocycles. The van der Waals surface area contributed by atoms with Gasteiger partial charge in [0, 0.05) is 0 Å². The molecular formula is C5H10N2. The molecular weight excluding hydrogens is 88.1 g/mol. The Morgan fingerprint density at radius 3 is 2.29 bits per heavy atom. The lowest BCUT2D eigenvalue weighted by Crippen LogP contribution is -2.27. The third-order valence-electron chi connectivity index (χ3n) is 1.48. The van der Waals surface area contributed by atoms with Gasteiger partial charge in [-0.15, -0.1) is 0 Å². The van der Waals surface area contributed by atoms with Gasteiger partial charge >= 0.3 is 0 Å². The fourth-order valence-corrected chi connectivity index (χ4v) is 0.606. The Labute approximate surface area is 43.4 Å². The predicted molar refractivity (Wildman–Crippen MR) is 30.3 cm³/mol. The van der Waals surface area contributed by atoms with Gasteiger partial charge in [0.25, 0.3) is 0 Å². The van der Waals surface area contributed by atoms with Crippen LogP contribution < -0.4 is 5.73 Å². The summed E-state index contributed by atoms with van der Waals surface area (Å²) < 4.78 is 0. The highest BCUT2D eigenvalue weighted by molar-refractivity contribution is 6.02. The maximum Gasteiger partial charge on any atom is 0.146 e. The number of hydrogen-bond donors (Lipinski definition) is 1. The summed E-state index contributed by atoms with van der Waals surface area (Å²) in [4.78, 5) is 4.00. The van der Waals surface area contributed by atoms with Gasteiger partial charge in [0.05, 0.1) is 5.71 Å². The summed E-state index contributed by atoms with van der Waals surface area (Å²) in [7, 11) is 0. The third-order valence-corrected chi connectivity index (χ3v) is 1.48. The quantitative estimate of drug-likeness (QED) is 0.510. The Morgan fingerprint density at radius 2 is 2.29 bits per heavy atom. The van der Waals surface area contributed by atoms with Gasteiger partial charge in [0.1, 0.15) is 5.66 Å². The van der Waals surface area contributed by atoms with Crippen LogP contribution in [-0.2, 0) is 0 Å². The topological polar surface area (TPSA) is 38.4 Å². The monoisotopic (exact) mass is 98.1 g/mol. The van der Waals surface area contributed by atoms with Crippen molar-refractivity contribution in [1.82, 2.24) is 0 Å². The molecule has 0 aromatic carbocycles. The van der Waals surface area contributed by atoms with Gasteiger partial charge in [-0.1, -0.05) is 6.92 Å². The SMILES string of the molecule is CCC1(N)N=C1C. The van der Waals surface area contributed by atoms with E-state index < -0.39 is 0 Å². The van der Waals surface area contributed by atoms with Crippen molar-refractivity contribution in [2.24, 2.45) is 10.7 Å². The molecule has 7 heavy (non-hydrogen) atoms.